The lowest BCUT2D eigenvalue weighted by molar-refractivity contribution is -0.139. The third kappa shape index (κ3) is 4.54. The largest absolute Gasteiger partial charge is 0.393 e. The fourth-order valence-corrected chi connectivity index (χ4v) is 6.10. The van der Waals surface area contributed by atoms with Gasteiger partial charge in [-0.05, 0) is 80.3 Å². The summed E-state index contributed by atoms with van der Waals surface area (Å²) in [4.78, 5) is 29.4. The zero-order valence-corrected chi connectivity index (χ0v) is 20.3. The van der Waals surface area contributed by atoms with Gasteiger partial charge in [-0.1, -0.05) is 18.2 Å². The van der Waals surface area contributed by atoms with Crippen LogP contribution in [0.1, 0.15) is 55.3 Å². The van der Waals surface area contributed by atoms with Gasteiger partial charge in [-0.25, -0.2) is 4.39 Å². The summed E-state index contributed by atoms with van der Waals surface area (Å²) in [5, 5.41) is 12.4. The summed E-state index contributed by atoms with van der Waals surface area (Å²) in [5.41, 5.74) is 2.64. The molecule has 1 aliphatic carbocycles. The van der Waals surface area contributed by atoms with Crippen LogP contribution in [0.2, 0.25) is 0 Å². The van der Waals surface area contributed by atoms with E-state index >= 15 is 0 Å². The van der Waals surface area contributed by atoms with Crippen LogP contribution in [0.3, 0.4) is 0 Å². The summed E-state index contributed by atoms with van der Waals surface area (Å²) in [6, 6.07) is 12.7. The number of rotatable bonds is 4. The van der Waals surface area contributed by atoms with Crippen molar-refractivity contribution in [1.82, 2.24) is 10.2 Å². The van der Waals surface area contributed by atoms with Gasteiger partial charge in [-0.3, -0.25) is 9.59 Å². The zero-order chi connectivity index (χ0) is 24.6. The first-order valence-electron chi connectivity index (χ1n) is 12.8. The summed E-state index contributed by atoms with van der Waals surface area (Å²) in [7, 11) is 1.60. The fourth-order valence-electron chi connectivity index (χ4n) is 6.10. The molecule has 2 N–H and O–H groups in total. The molecular formula is C28H34FN3O3. The smallest absolute Gasteiger partial charge is 0.251 e. The highest BCUT2D eigenvalue weighted by Gasteiger charge is 2.50. The number of halogens is 1. The highest BCUT2D eigenvalue weighted by atomic mass is 19.1. The topological polar surface area (TPSA) is 72.9 Å². The van der Waals surface area contributed by atoms with Gasteiger partial charge in [0.15, 0.2) is 0 Å². The van der Waals surface area contributed by atoms with Gasteiger partial charge in [0.2, 0.25) is 5.91 Å². The predicted molar refractivity (Wildman–Crippen MR) is 134 cm³/mol. The molecule has 2 heterocycles. The van der Waals surface area contributed by atoms with E-state index in [1.165, 1.54) is 6.07 Å². The maximum Gasteiger partial charge on any atom is 0.251 e. The number of anilines is 1. The number of amides is 2. The number of benzene rings is 2. The summed E-state index contributed by atoms with van der Waals surface area (Å²) in [6.07, 6.45) is 5.46. The van der Waals surface area contributed by atoms with Crippen LogP contribution in [0.15, 0.2) is 42.5 Å². The number of nitrogens with zero attached hydrogens (tertiary/aromatic N) is 2. The molecule has 0 aromatic heterocycles. The number of carbonyl (C=O) groups is 2. The minimum Gasteiger partial charge on any atom is -0.393 e. The average Bonchev–Trinajstić information content (AvgIpc) is 3.20. The van der Waals surface area contributed by atoms with E-state index in [9.17, 15) is 19.1 Å². The molecule has 2 aliphatic heterocycles. The van der Waals surface area contributed by atoms with Gasteiger partial charge in [0.1, 0.15) is 5.82 Å². The molecule has 3 fully saturated rings. The lowest BCUT2D eigenvalue weighted by Crippen LogP contribution is -2.47. The van der Waals surface area contributed by atoms with Crippen molar-refractivity contribution in [2.75, 3.05) is 31.6 Å². The number of hydrogen-bond donors (Lipinski definition) is 2. The van der Waals surface area contributed by atoms with Crippen molar-refractivity contribution < 1.29 is 19.1 Å². The van der Waals surface area contributed by atoms with Crippen molar-refractivity contribution in [2.45, 2.75) is 57.1 Å². The second kappa shape index (κ2) is 9.61. The average molecular weight is 480 g/mol. The van der Waals surface area contributed by atoms with E-state index in [0.29, 0.717) is 24.3 Å². The Kier molecular flexibility index (Phi) is 6.53. The second-order valence-electron chi connectivity index (χ2n) is 10.3. The Hall–Kier alpha value is -2.93. The molecule has 1 saturated carbocycles. The Morgan fingerprint density at radius 2 is 1.60 bits per heavy atom. The molecule has 0 bridgehead atoms. The highest BCUT2D eigenvalue weighted by Crippen LogP contribution is 2.45. The monoisotopic (exact) mass is 479 g/mol. The molecule has 0 radical (unpaired) electrons. The van der Waals surface area contributed by atoms with Gasteiger partial charge < -0.3 is 20.2 Å². The summed E-state index contributed by atoms with van der Waals surface area (Å²) >= 11 is 0. The minimum atomic E-state index is -0.323. The number of aliphatic hydroxyl groups is 1. The van der Waals surface area contributed by atoms with Gasteiger partial charge in [-0.15, -0.1) is 0 Å². The van der Waals surface area contributed by atoms with Crippen molar-refractivity contribution in [3.8, 4) is 11.1 Å². The van der Waals surface area contributed by atoms with Crippen LogP contribution in [-0.4, -0.2) is 60.6 Å². The Balaban J connectivity index is 1.27. The number of piperidine rings is 1. The molecule has 0 unspecified atom stereocenters. The van der Waals surface area contributed by atoms with E-state index in [1.54, 1.807) is 25.2 Å². The molecule has 7 heteroatoms. The zero-order valence-electron chi connectivity index (χ0n) is 20.3. The SMILES string of the molecule is CNC(=O)c1ccc(-c2ccc(F)c(N3CCC4(CC3)CCN([C@H]3CC[C@@H](O)CC3)C4=O)c2)cc1. The van der Waals surface area contributed by atoms with Crippen molar-refractivity contribution in [3.63, 3.8) is 0 Å². The van der Waals surface area contributed by atoms with Crippen molar-refractivity contribution in [2.24, 2.45) is 5.41 Å². The van der Waals surface area contributed by atoms with Crippen LogP contribution in [0.25, 0.3) is 11.1 Å². The van der Waals surface area contributed by atoms with Crippen molar-refractivity contribution in [3.05, 3.63) is 53.8 Å². The predicted octanol–water partition coefficient (Wildman–Crippen LogP) is 3.97. The molecule has 1 spiro atoms. The van der Waals surface area contributed by atoms with Crippen LogP contribution >= 0.6 is 0 Å². The van der Waals surface area contributed by atoms with E-state index in [1.807, 2.05) is 18.2 Å². The number of hydrogen-bond acceptors (Lipinski definition) is 4. The van der Waals surface area contributed by atoms with Crippen LogP contribution < -0.4 is 10.2 Å². The van der Waals surface area contributed by atoms with Gasteiger partial charge in [0.05, 0.1) is 17.2 Å². The first kappa shape index (κ1) is 23.8. The van der Waals surface area contributed by atoms with Crippen LogP contribution in [0.4, 0.5) is 10.1 Å². The molecular weight excluding hydrogens is 445 g/mol. The minimum absolute atomic E-state index is 0.139. The fraction of sp³-hybridized carbons (Fsp3) is 0.500. The lowest BCUT2D eigenvalue weighted by atomic mass is 9.76. The molecule has 35 heavy (non-hydrogen) atoms. The summed E-state index contributed by atoms with van der Waals surface area (Å²) in [5.74, 6) is -0.129. The van der Waals surface area contributed by atoms with Gasteiger partial charge in [-0.2, -0.15) is 0 Å². The van der Waals surface area contributed by atoms with Crippen LogP contribution in [-0.2, 0) is 4.79 Å². The Morgan fingerprint density at radius 1 is 0.971 bits per heavy atom. The molecule has 2 aromatic rings. The van der Waals surface area contributed by atoms with E-state index < -0.39 is 0 Å². The Morgan fingerprint density at radius 3 is 2.26 bits per heavy atom. The molecule has 5 rings (SSSR count). The molecule has 0 atom stereocenters. The number of likely N-dealkylation sites (tertiary alicyclic amines) is 1. The van der Waals surface area contributed by atoms with E-state index in [2.05, 4.69) is 15.1 Å². The second-order valence-corrected chi connectivity index (χ2v) is 10.3. The Bertz CT molecular complexity index is 1090. The summed E-state index contributed by atoms with van der Waals surface area (Å²) < 4.78 is 14.9. The standard InChI is InChI=1S/C28H34FN3O3/c1-30-26(34)20-4-2-19(3-5-20)21-6-11-24(29)25(18-21)31-15-12-28(13-16-31)14-17-32(27(28)35)22-7-9-23(33)10-8-22/h2-6,11,18,22-23,33H,7-10,12-17H2,1H3,(H,30,34)/t22-,23+. The molecule has 6 nitrogen and oxygen atoms in total. The Labute approximate surface area is 206 Å². The van der Waals surface area contributed by atoms with Crippen molar-refractivity contribution in [1.29, 1.82) is 0 Å². The van der Waals surface area contributed by atoms with E-state index in [4.69, 9.17) is 0 Å². The molecule has 2 aromatic carbocycles. The van der Waals surface area contributed by atoms with Gasteiger partial charge in [0, 0.05) is 38.3 Å². The van der Waals surface area contributed by atoms with Gasteiger partial charge in [0.25, 0.3) is 5.91 Å². The molecule has 3 aliphatic rings. The molecule has 2 amide bonds. The first-order chi connectivity index (χ1) is 16.9. The van der Waals surface area contributed by atoms with Crippen molar-refractivity contribution >= 4 is 17.5 Å². The maximum atomic E-state index is 14.9. The third-order valence-electron chi connectivity index (χ3n) is 8.37. The van der Waals surface area contributed by atoms with E-state index in [-0.39, 0.29) is 35.2 Å². The molecule has 186 valence electrons. The third-order valence-corrected chi connectivity index (χ3v) is 8.37. The quantitative estimate of drug-likeness (QED) is 0.696. The first-order valence-corrected chi connectivity index (χ1v) is 12.8. The normalized spacial score (nSPS) is 24.1. The number of nitrogens with one attached hydrogen (secondary N) is 1. The van der Waals surface area contributed by atoms with Crippen LogP contribution in [0, 0.1) is 11.2 Å². The highest BCUT2D eigenvalue weighted by molar-refractivity contribution is 5.94. The number of carbonyl (C=O) groups excluding carboxylic acids is 2. The van der Waals surface area contributed by atoms with Crippen LogP contribution in [0.5, 0.6) is 0 Å². The van der Waals surface area contributed by atoms with Gasteiger partial charge >= 0.3 is 0 Å². The molecule has 2 saturated heterocycles. The summed E-state index contributed by atoms with van der Waals surface area (Å²) in [6.45, 7) is 2.10. The maximum absolute atomic E-state index is 14.9. The lowest BCUT2D eigenvalue weighted by Gasteiger charge is -2.40. The number of aliphatic hydroxyl groups excluding tert-OH is 1. The van der Waals surface area contributed by atoms with E-state index in [0.717, 1.165) is 62.6 Å².